The Kier molecular flexibility index (Phi) is 5.94. The Bertz CT molecular complexity index is 952. The summed E-state index contributed by atoms with van der Waals surface area (Å²) in [6.07, 6.45) is 0. The van der Waals surface area contributed by atoms with Gasteiger partial charge in [0.05, 0.1) is 21.2 Å². The highest BCUT2D eigenvalue weighted by Gasteiger charge is 2.27. The molecule has 0 aliphatic carbocycles. The van der Waals surface area contributed by atoms with Crippen LogP contribution in [0.2, 0.25) is 0 Å². The Labute approximate surface area is 155 Å². The van der Waals surface area contributed by atoms with Crippen molar-refractivity contribution in [2.45, 2.75) is 42.6 Å². The highest BCUT2D eigenvalue weighted by Crippen LogP contribution is 2.31. The fourth-order valence-electron chi connectivity index (χ4n) is 2.46. The second-order valence-corrected chi connectivity index (χ2v) is 8.64. The lowest BCUT2D eigenvalue weighted by atomic mass is 10.1. The summed E-state index contributed by atoms with van der Waals surface area (Å²) in [6.45, 7) is 6.16. The van der Waals surface area contributed by atoms with Crippen molar-refractivity contribution in [2.24, 2.45) is 16.8 Å². The third kappa shape index (κ3) is 4.34. The molecule has 2 rings (SSSR count). The van der Waals surface area contributed by atoms with Crippen LogP contribution in [0.15, 0.2) is 28.3 Å². The molecule has 2 aromatic rings. The van der Waals surface area contributed by atoms with Crippen LogP contribution in [0.3, 0.4) is 0 Å². The fraction of sp³-hybridized carbons (Fsp3) is 0.400. The van der Waals surface area contributed by atoms with Crippen molar-refractivity contribution in [3.63, 3.8) is 0 Å². The number of hydrogen-bond donors (Lipinski definition) is 3. The summed E-state index contributed by atoms with van der Waals surface area (Å²) in [4.78, 5) is 27.6. The van der Waals surface area contributed by atoms with Gasteiger partial charge in [-0.25, -0.2) is 23.3 Å². The number of nitrogens with zero attached hydrogens (tertiary/aromatic N) is 2. The Morgan fingerprint density at radius 2 is 2.00 bits per heavy atom. The van der Waals surface area contributed by atoms with Crippen molar-refractivity contribution in [1.29, 1.82) is 0 Å². The number of amides is 3. The van der Waals surface area contributed by atoms with Gasteiger partial charge in [-0.3, -0.25) is 10.1 Å². The Balaban J connectivity index is 2.47. The zero-order chi connectivity index (χ0) is 19.6. The molecule has 0 spiro atoms. The second-order valence-electron chi connectivity index (χ2n) is 5.97. The number of primary sulfonamides is 1. The molecule has 3 amide bonds. The topological polar surface area (TPSA) is 150 Å². The first-order valence-electron chi connectivity index (χ1n) is 7.84. The number of benzene rings is 1. The zero-order valence-corrected chi connectivity index (χ0v) is 16.2. The van der Waals surface area contributed by atoms with E-state index in [1.54, 1.807) is 6.07 Å². The van der Waals surface area contributed by atoms with E-state index in [9.17, 15) is 18.0 Å². The van der Waals surface area contributed by atoms with Crippen LogP contribution in [-0.2, 0) is 21.4 Å². The van der Waals surface area contributed by atoms with Gasteiger partial charge in [0, 0.05) is 6.54 Å². The monoisotopic (exact) mass is 399 g/mol. The first-order valence-corrected chi connectivity index (χ1v) is 10.3. The summed E-state index contributed by atoms with van der Waals surface area (Å²) >= 11 is 1.19. The Hall–Kier alpha value is -2.11. The molecule has 0 aliphatic heterocycles. The zero-order valence-electron chi connectivity index (χ0n) is 14.6. The average molecular weight is 399 g/mol. The Morgan fingerprint density at radius 3 is 2.50 bits per heavy atom. The van der Waals surface area contributed by atoms with Crippen LogP contribution in [-0.4, -0.2) is 35.2 Å². The van der Waals surface area contributed by atoms with E-state index in [0.717, 1.165) is 5.52 Å². The largest absolute Gasteiger partial charge is 0.351 e. The molecule has 0 fully saturated rings. The number of carbonyl (C=O) groups is 2. The number of rotatable bonds is 6. The molecule has 1 unspecified atom stereocenters. The quantitative estimate of drug-likeness (QED) is 0.617. The van der Waals surface area contributed by atoms with Gasteiger partial charge in [0.15, 0.2) is 5.16 Å². The van der Waals surface area contributed by atoms with E-state index in [-0.39, 0.29) is 10.8 Å². The number of nitrogens with one attached hydrogen (secondary N) is 1. The van der Waals surface area contributed by atoms with E-state index in [2.05, 4.69) is 10.3 Å². The predicted octanol–water partition coefficient (Wildman–Crippen LogP) is 1.02. The molecule has 0 bridgehead atoms. The molecule has 9 nitrogen and oxygen atoms in total. The molecule has 1 heterocycles. The number of nitrogens with two attached hydrogens (primary N) is 2. The number of fused-ring (bicyclic) bond motifs is 1. The molecule has 1 aromatic carbocycles. The average Bonchev–Trinajstić information content (AvgIpc) is 2.86. The number of imidazole rings is 1. The minimum Gasteiger partial charge on any atom is -0.351 e. The molecular formula is C15H21N5O4S2. The minimum atomic E-state index is -3.84. The number of aromatic nitrogens is 2. The third-order valence-electron chi connectivity index (χ3n) is 3.67. The summed E-state index contributed by atoms with van der Waals surface area (Å²) in [5.41, 5.74) is 6.21. The second kappa shape index (κ2) is 7.64. The maximum absolute atomic E-state index is 12.2. The van der Waals surface area contributed by atoms with Crippen molar-refractivity contribution < 1.29 is 18.0 Å². The number of thioether (sulfide) groups is 1. The van der Waals surface area contributed by atoms with Crippen LogP contribution in [0.25, 0.3) is 11.0 Å². The van der Waals surface area contributed by atoms with Gasteiger partial charge in [0.25, 0.3) is 0 Å². The number of imide groups is 1. The van der Waals surface area contributed by atoms with Crippen molar-refractivity contribution >= 4 is 44.8 Å². The Morgan fingerprint density at radius 1 is 1.35 bits per heavy atom. The van der Waals surface area contributed by atoms with Crippen molar-refractivity contribution in [3.05, 3.63) is 18.2 Å². The van der Waals surface area contributed by atoms with E-state index in [0.29, 0.717) is 17.2 Å². The lowest BCUT2D eigenvalue weighted by Crippen LogP contribution is -2.42. The molecule has 0 aliphatic rings. The summed E-state index contributed by atoms with van der Waals surface area (Å²) in [5, 5.41) is 7.20. The van der Waals surface area contributed by atoms with Gasteiger partial charge in [0.2, 0.25) is 15.9 Å². The summed E-state index contributed by atoms with van der Waals surface area (Å²) in [7, 11) is -3.84. The van der Waals surface area contributed by atoms with Gasteiger partial charge >= 0.3 is 6.03 Å². The molecule has 0 saturated carbocycles. The van der Waals surface area contributed by atoms with Gasteiger partial charge in [0.1, 0.15) is 0 Å². The van der Waals surface area contributed by atoms with E-state index in [1.165, 1.54) is 23.9 Å². The first-order chi connectivity index (χ1) is 12.0. The van der Waals surface area contributed by atoms with Crippen molar-refractivity contribution in [1.82, 2.24) is 14.9 Å². The lowest BCUT2D eigenvalue weighted by molar-refractivity contribution is -0.120. The molecule has 11 heteroatoms. The standard InChI is InChI=1S/C15H21N5O4S2/c1-4-20-11-6-5-9(26(17,23)24)7-10(11)18-15(20)25-12(8(2)3)13(21)19-14(16)22/h5-8,12H,4H2,1-3H3,(H2,17,23,24)(H3,16,19,21,22). The van der Waals surface area contributed by atoms with Crippen LogP contribution in [0.1, 0.15) is 20.8 Å². The van der Waals surface area contributed by atoms with Crippen LogP contribution in [0.5, 0.6) is 0 Å². The van der Waals surface area contributed by atoms with Crippen molar-refractivity contribution in [2.75, 3.05) is 0 Å². The smallest absolute Gasteiger partial charge is 0.318 e. The van der Waals surface area contributed by atoms with Crippen LogP contribution >= 0.6 is 11.8 Å². The molecule has 5 N–H and O–H groups in total. The van der Waals surface area contributed by atoms with E-state index in [4.69, 9.17) is 10.9 Å². The molecule has 0 radical (unpaired) electrons. The fourth-order valence-corrected chi connectivity index (χ4v) is 4.16. The number of sulfonamides is 1. The first kappa shape index (κ1) is 20.2. The van der Waals surface area contributed by atoms with E-state index in [1.807, 2.05) is 25.3 Å². The predicted molar refractivity (Wildman–Crippen MR) is 99.0 cm³/mol. The molecule has 142 valence electrons. The lowest BCUT2D eigenvalue weighted by Gasteiger charge is -2.18. The van der Waals surface area contributed by atoms with Gasteiger partial charge in [-0.1, -0.05) is 25.6 Å². The maximum atomic E-state index is 12.2. The SMILES string of the molecule is CCn1c(SC(C(=O)NC(N)=O)C(C)C)nc2cc(S(N)(=O)=O)ccc21. The number of aryl methyl sites for hydroxylation is 1. The van der Waals surface area contributed by atoms with Gasteiger partial charge < -0.3 is 10.3 Å². The van der Waals surface area contributed by atoms with Crippen LogP contribution in [0, 0.1) is 5.92 Å². The van der Waals surface area contributed by atoms with Gasteiger partial charge in [-0.2, -0.15) is 0 Å². The summed E-state index contributed by atoms with van der Waals surface area (Å²) in [6, 6.07) is 3.53. The molecule has 1 aromatic heterocycles. The summed E-state index contributed by atoms with van der Waals surface area (Å²) in [5.74, 6) is -0.595. The van der Waals surface area contributed by atoms with Gasteiger partial charge in [-0.15, -0.1) is 0 Å². The third-order valence-corrected chi connectivity index (χ3v) is 6.12. The highest BCUT2D eigenvalue weighted by molar-refractivity contribution is 8.00. The number of hydrogen-bond acceptors (Lipinski definition) is 6. The van der Waals surface area contributed by atoms with E-state index >= 15 is 0 Å². The molecular weight excluding hydrogens is 378 g/mol. The maximum Gasteiger partial charge on any atom is 0.318 e. The summed E-state index contributed by atoms with van der Waals surface area (Å²) < 4.78 is 24.9. The van der Waals surface area contributed by atoms with Gasteiger partial charge in [-0.05, 0) is 31.0 Å². The molecule has 1 atom stereocenters. The number of carbonyl (C=O) groups excluding carboxylic acids is 2. The number of primary amides is 1. The number of urea groups is 1. The van der Waals surface area contributed by atoms with E-state index < -0.39 is 27.2 Å². The van der Waals surface area contributed by atoms with Crippen LogP contribution < -0.4 is 16.2 Å². The minimum absolute atomic E-state index is 0.0332. The normalized spacial score (nSPS) is 13.1. The highest BCUT2D eigenvalue weighted by atomic mass is 32.2. The van der Waals surface area contributed by atoms with Crippen LogP contribution in [0.4, 0.5) is 4.79 Å². The molecule has 26 heavy (non-hydrogen) atoms. The van der Waals surface area contributed by atoms with Crippen molar-refractivity contribution in [3.8, 4) is 0 Å². The molecule has 0 saturated heterocycles.